The summed E-state index contributed by atoms with van der Waals surface area (Å²) >= 11 is 2.17. The number of para-hydroxylation sites is 1. The maximum Gasteiger partial charge on any atom is 0.250 e. The summed E-state index contributed by atoms with van der Waals surface area (Å²) in [6.45, 7) is 0.384. The molecule has 0 aliphatic rings. The molecule has 19 heavy (non-hydrogen) atoms. The molecule has 1 heterocycles. The van der Waals surface area contributed by atoms with Crippen molar-refractivity contribution in [1.82, 2.24) is 4.57 Å². The number of pyridine rings is 1. The van der Waals surface area contributed by atoms with Gasteiger partial charge in [0.05, 0.1) is 5.69 Å². The molecule has 98 valence electrons. The lowest BCUT2D eigenvalue weighted by Crippen LogP contribution is -2.21. The van der Waals surface area contributed by atoms with Gasteiger partial charge >= 0.3 is 0 Å². The zero-order valence-electron chi connectivity index (χ0n) is 10.2. The number of anilines is 1. The number of amides is 1. The summed E-state index contributed by atoms with van der Waals surface area (Å²) in [5, 5.41) is 2.84. The summed E-state index contributed by atoms with van der Waals surface area (Å²) in [4.78, 5) is 23.3. The van der Waals surface area contributed by atoms with E-state index in [2.05, 4.69) is 27.9 Å². The van der Waals surface area contributed by atoms with Crippen LogP contribution in [0, 0.1) is 3.57 Å². The predicted molar refractivity (Wildman–Crippen MR) is 83.1 cm³/mol. The van der Waals surface area contributed by atoms with Crippen LogP contribution in [-0.2, 0) is 11.3 Å². The highest BCUT2D eigenvalue weighted by atomic mass is 127. The van der Waals surface area contributed by atoms with Gasteiger partial charge in [-0.05, 0) is 40.8 Å². The second-order valence-electron chi connectivity index (χ2n) is 4.01. The van der Waals surface area contributed by atoms with Gasteiger partial charge in [0.15, 0.2) is 0 Å². The number of aryl methyl sites for hydroxylation is 1. The van der Waals surface area contributed by atoms with Crippen LogP contribution in [0.1, 0.15) is 6.42 Å². The van der Waals surface area contributed by atoms with Crippen LogP contribution in [-0.4, -0.2) is 10.5 Å². The highest BCUT2D eigenvalue weighted by molar-refractivity contribution is 14.1. The number of nitrogens with zero attached hydrogens (tertiary/aromatic N) is 1. The molecule has 0 spiro atoms. The highest BCUT2D eigenvalue weighted by Crippen LogP contribution is 2.16. The van der Waals surface area contributed by atoms with Crippen LogP contribution >= 0.6 is 22.6 Å². The van der Waals surface area contributed by atoms with E-state index in [4.69, 9.17) is 0 Å². The number of nitrogens with one attached hydrogen (secondary N) is 1. The Morgan fingerprint density at radius 2 is 1.89 bits per heavy atom. The Morgan fingerprint density at radius 3 is 2.63 bits per heavy atom. The average Bonchev–Trinajstić information content (AvgIpc) is 2.40. The van der Waals surface area contributed by atoms with Gasteiger partial charge in [-0.2, -0.15) is 0 Å². The van der Waals surface area contributed by atoms with E-state index in [0.717, 1.165) is 9.26 Å². The van der Waals surface area contributed by atoms with Gasteiger partial charge in [0.2, 0.25) is 5.91 Å². The highest BCUT2D eigenvalue weighted by Gasteiger charge is 2.05. The molecule has 0 bridgehead atoms. The maximum absolute atomic E-state index is 11.8. The lowest BCUT2D eigenvalue weighted by molar-refractivity contribution is -0.116. The minimum absolute atomic E-state index is 0.0930. The van der Waals surface area contributed by atoms with Crippen molar-refractivity contribution in [2.45, 2.75) is 13.0 Å². The predicted octanol–water partition coefficient (Wildman–Crippen LogP) is 2.48. The van der Waals surface area contributed by atoms with E-state index in [-0.39, 0.29) is 17.9 Å². The molecule has 2 aromatic rings. The molecule has 4 nitrogen and oxygen atoms in total. The van der Waals surface area contributed by atoms with Crippen LogP contribution in [0.4, 0.5) is 5.69 Å². The van der Waals surface area contributed by atoms with Crippen LogP contribution < -0.4 is 10.9 Å². The Hall–Kier alpha value is -1.63. The molecule has 1 N–H and O–H groups in total. The molecule has 0 saturated carbocycles. The summed E-state index contributed by atoms with van der Waals surface area (Å²) in [7, 11) is 0. The molecule has 1 aromatic carbocycles. The van der Waals surface area contributed by atoms with E-state index in [1.807, 2.05) is 24.3 Å². The van der Waals surface area contributed by atoms with Gasteiger partial charge < -0.3 is 9.88 Å². The first-order chi connectivity index (χ1) is 9.16. The molecular formula is C14H13IN2O2. The van der Waals surface area contributed by atoms with Crippen LogP contribution in [0.15, 0.2) is 53.5 Å². The Bertz CT molecular complexity index is 637. The first-order valence-electron chi connectivity index (χ1n) is 5.86. The van der Waals surface area contributed by atoms with Gasteiger partial charge in [0.1, 0.15) is 0 Å². The Morgan fingerprint density at radius 1 is 1.16 bits per heavy atom. The number of benzene rings is 1. The van der Waals surface area contributed by atoms with Gasteiger partial charge in [-0.3, -0.25) is 9.59 Å². The van der Waals surface area contributed by atoms with E-state index >= 15 is 0 Å². The molecule has 0 fully saturated rings. The van der Waals surface area contributed by atoms with Gasteiger partial charge in [0, 0.05) is 28.8 Å². The summed E-state index contributed by atoms with van der Waals surface area (Å²) in [6.07, 6.45) is 1.96. The van der Waals surface area contributed by atoms with Crippen molar-refractivity contribution in [3.63, 3.8) is 0 Å². The van der Waals surface area contributed by atoms with Crippen molar-refractivity contribution >= 4 is 34.2 Å². The monoisotopic (exact) mass is 368 g/mol. The van der Waals surface area contributed by atoms with Crippen molar-refractivity contribution in [3.8, 4) is 0 Å². The molecular weight excluding hydrogens is 355 g/mol. The molecule has 2 rings (SSSR count). The number of rotatable bonds is 4. The Kier molecular flexibility index (Phi) is 4.73. The average molecular weight is 368 g/mol. The molecule has 0 aliphatic heterocycles. The normalized spacial score (nSPS) is 10.2. The molecule has 0 radical (unpaired) electrons. The molecule has 0 atom stereocenters. The van der Waals surface area contributed by atoms with Crippen LogP contribution in [0.3, 0.4) is 0 Å². The number of aromatic nitrogens is 1. The fourth-order valence-electron chi connectivity index (χ4n) is 1.64. The smallest absolute Gasteiger partial charge is 0.250 e. The van der Waals surface area contributed by atoms with E-state index in [0.29, 0.717) is 6.54 Å². The molecule has 0 unspecified atom stereocenters. The first kappa shape index (κ1) is 13.8. The Labute approximate surface area is 124 Å². The van der Waals surface area contributed by atoms with Crippen LogP contribution in [0.2, 0.25) is 0 Å². The third kappa shape index (κ3) is 3.92. The van der Waals surface area contributed by atoms with E-state index in [1.54, 1.807) is 18.3 Å². The van der Waals surface area contributed by atoms with Gasteiger partial charge in [-0.25, -0.2) is 0 Å². The quantitative estimate of drug-likeness (QED) is 0.844. The number of hydrogen-bond acceptors (Lipinski definition) is 2. The van der Waals surface area contributed by atoms with Crippen molar-refractivity contribution in [2.75, 3.05) is 5.32 Å². The number of hydrogen-bond donors (Lipinski definition) is 1. The zero-order chi connectivity index (χ0) is 13.7. The van der Waals surface area contributed by atoms with Gasteiger partial charge in [0.25, 0.3) is 5.56 Å². The maximum atomic E-state index is 11.8. The third-order valence-corrected chi connectivity index (χ3v) is 3.57. The van der Waals surface area contributed by atoms with E-state index in [9.17, 15) is 9.59 Å². The number of carbonyl (C=O) groups excluding carboxylic acids is 1. The zero-order valence-corrected chi connectivity index (χ0v) is 12.3. The second-order valence-corrected chi connectivity index (χ2v) is 5.17. The van der Waals surface area contributed by atoms with Crippen molar-refractivity contribution in [2.24, 2.45) is 0 Å². The molecule has 5 heteroatoms. The lowest BCUT2D eigenvalue weighted by Gasteiger charge is -2.08. The van der Waals surface area contributed by atoms with E-state index in [1.165, 1.54) is 10.6 Å². The number of halogens is 1. The Balaban J connectivity index is 1.94. The molecule has 1 amide bonds. The minimum atomic E-state index is -0.0973. The fraction of sp³-hybridized carbons (Fsp3) is 0.143. The number of carbonyl (C=O) groups is 1. The second kappa shape index (κ2) is 6.51. The third-order valence-electron chi connectivity index (χ3n) is 2.63. The minimum Gasteiger partial charge on any atom is -0.325 e. The first-order valence-corrected chi connectivity index (χ1v) is 6.94. The summed E-state index contributed by atoms with van der Waals surface area (Å²) < 4.78 is 2.51. The molecule has 1 aromatic heterocycles. The molecule has 0 aliphatic carbocycles. The summed E-state index contributed by atoms with van der Waals surface area (Å²) in [5.41, 5.74) is 0.707. The fourth-order valence-corrected chi connectivity index (χ4v) is 2.16. The van der Waals surface area contributed by atoms with Crippen molar-refractivity contribution in [3.05, 3.63) is 62.6 Å². The SMILES string of the molecule is O=C(CCn1ccccc1=O)Nc1ccccc1I. The van der Waals surface area contributed by atoms with E-state index < -0.39 is 0 Å². The summed E-state index contributed by atoms with van der Waals surface area (Å²) in [5.74, 6) is -0.0973. The largest absolute Gasteiger partial charge is 0.325 e. The van der Waals surface area contributed by atoms with Crippen molar-refractivity contribution in [1.29, 1.82) is 0 Å². The van der Waals surface area contributed by atoms with Crippen LogP contribution in [0.5, 0.6) is 0 Å². The van der Waals surface area contributed by atoms with Crippen molar-refractivity contribution < 1.29 is 4.79 Å². The lowest BCUT2D eigenvalue weighted by atomic mass is 10.3. The standard InChI is InChI=1S/C14H13IN2O2/c15-11-5-1-2-6-12(11)16-13(18)8-10-17-9-4-3-7-14(17)19/h1-7,9H,8,10H2,(H,16,18). The van der Waals surface area contributed by atoms with Crippen LogP contribution in [0.25, 0.3) is 0 Å². The molecule has 0 saturated heterocycles. The topological polar surface area (TPSA) is 51.1 Å². The van der Waals surface area contributed by atoms with Gasteiger partial charge in [-0.1, -0.05) is 18.2 Å². The summed E-state index contributed by atoms with van der Waals surface area (Å²) in [6, 6.07) is 12.5. The van der Waals surface area contributed by atoms with Gasteiger partial charge in [-0.15, -0.1) is 0 Å².